The number of nitrogens with one attached hydrogen (secondary N) is 2. The Hall–Kier alpha value is -3.91. The van der Waals surface area contributed by atoms with Crippen molar-refractivity contribution in [3.63, 3.8) is 0 Å². The first kappa shape index (κ1) is 23.3. The van der Waals surface area contributed by atoms with Gasteiger partial charge in [-0.05, 0) is 81.3 Å². The minimum absolute atomic E-state index is 0.232. The third-order valence-corrected chi connectivity index (χ3v) is 7.09. The van der Waals surface area contributed by atoms with Crippen LogP contribution in [0.25, 0.3) is 5.69 Å². The van der Waals surface area contributed by atoms with Crippen molar-refractivity contribution in [2.45, 2.75) is 32.6 Å². The van der Waals surface area contributed by atoms with Crippen molar-refractivity contribution in [3.8, 4) is 5.69 Å². The van der Waals surface area contributed by atoms with Gasteiger partial charge in [-0.15, -0.1) is 0 Å². The van der Waals surface area contributed by atoms with E-state index in [-0.39, 0.29) is 10.8 Å². The van der Waals surface area contributed by atoms with Crippen LogP contribution in [0.4, 0.5) is 11.4 Å². The van der Waals surface area contributed by atoms with Gasteiger partial charge in [-0.2, -0.15) is 5.10 Å². The number of hydrogen-bond donors (Lipinski definition) is 2. The number of anilines is 2. The molecule has 1 amide bonds. The van der Waals surface area contributed by atoms with Crippen LogP contribution in [-0.4, -0.2) is 24.1 Å². The Morgan fingerprint density at radius 3 is 2.24 bits per heavy atom. The molecule has 7 nitrogen and oxygen atoms in total. The van der Waals surface area contributed by atoms with Crippen LogP contribution in [0.3, 0.4) is 0 Å². The Kier molecular flexibility index (Phi) is 6.26. The van der Waals surface area contributed by atoms with E-state index in [0.29, 0.717) is 28.2 Å². The van der Waals surface area contributed by atoms with Crippen molar-refractivity contribution in [3.05, 3.63) is 101 Å². The minimum atomic E-state index is -3.74. The molecule has 0 radical (unpaired) electrons. The first-order valence-corrected chi connectivity index (χ1v) is 12.3. The molecule has 1 aromatic heterocycles. The Morgan fingerprint density at radius 1 is 0.882 bits per heavy atom. The van der Waals surface area contributed by atoms with Gasteiger partial charge in [0.2, 0.25) is 0 Å². The summed E-state index contributed by atoms with van der Waals surface area (Å²) in [6.07, 6.45) is 0. The average Bonchev–Trinajstić information content (AvgIpc) is 3.09. The smallest absolute Gasteiger partial charge is 0.262 e. The minimum Gasteiger partial charge on any atom is -0.319 e. The van der Waals surface area contributed by atoms with Gasteiger partial charge in [0.05, 0.1) is 27.7 Å². The number of hydrogen-bond acceptors (Lipinski definition) is 4. The summed E-state index contributed by atoms with van der Waals surface area (Å²) in [6, 6.07) is 21.3. The molecular formula is C26H26N4O3S. The van der Waals surface area contributed by atoms with Gasteiger partial charge >= 0.3 is 0 Å². The Balaban J connectivity index is 1.51. The topological polar surface area (TPSA) is 93.1 Å². The van der Waals surface area contributed by atoms with E-state index < -0.39 is 10.0 Å². The van der Waals surface area contributed by atoms with Crippen LogP contribution in [0.1, 0.15) is 32.9 Å². The van der Waals surface area contributed by atoms with Gasteiger partial charge < -0.3 is 5.32 Å². The fourth-order valence-electron chi connectivity index (χ4n) is 3.73. The zero-order chi connectivity index (χ0) is 24.5. The second-order valence-corrected chi connectivity index (χ2v) is 9.85. The number of aromatic nitrogens is 2. The van der Waals surface area contributed by atoms with E-state index in [4.69, 9.17) is 0 Å². The van der Waals surface area contributed by atoms with Gasteiger partial charge in [0.1, 0.15) is 0 Å². The summed E-state index contributed by atoms with van der Waals surface area (Å²) in [5.41, 5.74) is 5.37. The van der Waals surface area contributed by atoms with E-state index in [1.165, 1.54) is 0 Å². The normalized spacial score (nSPS) is 11.3. The van der Waals surface area contributed by atoms with E-state index in [1.807, 2.05) is 57.2 Å². The van der Waals surface area contributed by atoms with Gasteiger partial charge in [0.15, 0.2) is 0 Å². The molecule has 34 heavy (non-hydrogen) atoms. The third-order valence-electron chi connectivity index (χ3n) is 5.56. The third kappa shape index (κ3) is 4.72. The van der Waals surface area contributed by atoms with Crippen LogP contribution in [-0.2, 0) is 10.0 Å². The zero-order valence-corrected chi connectivity index (χ0v) is 20.3. The molecule has 0 spiro atoms. The van der Waals surface area contributed by atoms with Gasteiger partial charge in [0, 0.05) is 11.3 Å². The molecule has 0 unspecified atom stereocenters. The zero-order valence-electron chi connectivity index (χ0n) is 19.5. The van der Waals surface area contributed by atoms with E-state index in [9.17, 15) is 13.2 Å². The van der Waals surface area contributed by atoms with Crippen LogP contribution < -0.4 is 10.0 Å². The number of amides is 1. The van der Waals surface area contributed by atoms with Crippen LogP contribution >= 0.6 is 0 Å². The maximum Gasteiger partial charge on any atom is 0.262 e. The monoisotopic (exact) mass is 474 g/mol. The molecule has 4 aromatic rings. The Morgan fingerprint density at radius 2 is 1.56 bits per heavy atom. The second kappa shape index (κ2) is 9.15. The van der Waals surface area contributed by atoms with Crippen molar-refractivity contribution >= 4 is 27.3 Å². The number of para-hydroxylation sites is 1. The number of sulfonamides is 1. The fraction of sp³-hybridized carbons (Fsp3) is 0.154. The van der Waals surface area contributed by atoms with E-state index in [2.05, 4.69) is 15.1 Å². The maximum atomic E-state index is 12.9. The summed E-state index contributed by atoms with van der Waals surface area (Å²) in [5.74, 6) is -0.303. The molecule has 0 atom stereocenters. The van der Waals surface area contributed by atoms with Crippen LogP contribution in [0.15, 0.2) is 77.7 Å². The van der Waals surface area contributed by atoms with Crippen molar-refractivity contribution in [2.24, 2.45) is 0 Å². The van der Waals surface area contributed by atoms with Gasteiger partial charge in [-0.3, -0.25) is 9.52 Å². The van der Waals surface area contributed by atoms with Crippen LogP contribution in [0.5, 0.6) is 0 Å². The maximum absolute atomic E-state index is 12.9. The summed E-state index contributed by atoms with van der Waals surface area (Å²) in [6.45, 7) is 7.34. The number of carbonyl (C=O) groups excluding carboxylic acids is 1. The second-order valence-electron chi connectivity index (χ2n) is 8.20. The van der Waals surface area contributed by atoms with Gasteiger partial charge in [0.25, 0.3) is 15.9 Å². The van der Waals surface area contributed by atoms with Gasteiger partial charge in [-0.25, -0.2) is 13.1 Å². The van der Waals surface area contributed by atoms with Gasteiger partial charge in [-0.1, -0.05) is 30.3 Å². The lowest BCUT2D eigenvalue weighted by Gasteiger charge is -2.12. The largest absolute Gasteiger partial charge is 0.319 e. The number of benzene rings is 3. The average molecular weight is 475 g/mol. The highest BCUT2D eigenvalue weighted by molar-refractivity contribution is 7.92. The number of aryl methyl sites for hydroxylation is 3. The Bertz CT molecular complexity index is 1460. The summed E-state index contributed by atoms with van der Waals surface area (Å²) in [4.78, 5) is 13.1. The molecule has 3 aromatic carbocycles. The first-order chi connectivity index (χ1) is 16.2. The van der Waals surface area contributed by atoms with Crippen LogP contribution in [0, 0.1) is 27.7 Å². The standard InChI is InChI=1S/C26H26N4O3S/c1-17-10-11-18(2)24(16-17)34(32,33)29-22-14-12-21(13-15-22)26(31)27-25-19(3)28-30(20(25)4)23-8-6-5-7-9-23/h5-16,29H,1-4H3,(H,27,31). The molecular weight excluding hydrogens is 448 g/mol. The molecule has 0 bridgehead atoms. The lowest BCUT2D eigenvalue weighted by Crippen LogP contribution is -2.15. The van der Waals surface area contributed by atoms with Crippen molar-refractivity contribution in [2.75, 3.05) is 10.0 Å². The summed E-state index contributed by atoms with van der Waals surface area (Å²) < 4.78 is 30.0. The quantitative estimate of drug-likeness (QED) is 0.404. The van der Waals surface area contributed by atoms with Crippen molar-refractivity contribution in [1.82, 2.24) is 9.78 Å². The SMILES string of the molecule is Cc1ccc(C)c(S(=O)(=O)Nc2ccc(C(=O)Nc3c(C)nn(-c4ccccc4)c3C)cc2)c1. The summed E-state index contributed by atoms with van der Waals surface area (Å²) in [7, 11) is -3.74. The molecule has 1 heterocycles. The molecule has 8 heteroatoms. The van der Waals surface area contributed by atoms with Crippen molar-refractivity contribution in [1.29, 1.82) is 0 Å². The molecule has 0 saturated carbocycles. The first-order valence-electron chi connectivity index (χ1n) is 10.8. The highest BCUT2D eigenvalue weighted by Crippen LogP contribution is 2.24. The predicted octanol–water partition coefficient (Wildman–Crippen LogP) is 5.16. The molecule has 0 aliphatic rings. The number of nitrogens with zero attached hydrogens (tertiary/aromatic N) is 2. The van der Waals surface area contributed by atoms with E-state index in [0.717, 1.165) is 16.9 Å². The highest BCUT2D eigenvalue weighted by Gasteiger charge is 2.19. The molecule has 174 valence electrons. The Labute approximate surface area is 199 Å². The molecule has 0 aliphatic carbocycles. The molecule has 4 rings (SSSR count). The fourth-order valence-corrected chi connectivity index (χ4v) is 5.12. The molecule has 0 aliphatic heterocycles. The number of rotatable bonds is 6. The predicted molar refractivity (Wildman–Crippen MR) is 134 cm³/mol. The molecule has 0 saturated heterocycles. The lowest BCUT2D eigenvalue weighted by atomic mass is 10.2. The molecule has 2 N–H and O–H groups in total. The highest BCUT2D eigenvalue weighted by atomic mass is 32.2. The van der Waals surface area contributed by atoms with E-state index >= 15 is 0 Å². The van der Waals surface area contributed by atoms with Crippen LogP contribution in [0.2, 0.25) is 0 Å². The summed E-state index contributed by atoms with van der Waals surface area (Å²) >= 11 is 0. The lowest BCUT2D eigenvalue weighted by molar-refractivity contribution is 0.102. The van der Waals surface area contributed by atoms with Crippen molar-refractivity contribution < 1.29 is 13.2 Å². The molecule has 0 fully saturated rings. The number of carbonyl (C=O) groups is 1. The summed E-state index contributed by atoms with van der Waals surface area (Å²) in [5, 5.41) is 7.48. The van der Waals surface area contributed by atoms with E-state index in [1.54, 1.807) is 48.0 Å².